The van der Waals surface area contributed by atoms with Crippen LogP contribution in [0, 0.1) is 0 Å². The Morgan fingerprint density at radius 1 is 0.667 bits per heavy atom. The Hall–Kier alpha value is -1.50. The quantitative estimate of drug-likeness (QED) is 0.628. The zero-order valence-electron chi connectivity index (χ0n) is 9.68. The Morgan fingerprint density at radius 2 is 1.28 bits per heavy atom. The second-order valence-corrected chi connectivity index (χ2v) is 4.58. The lowest BCUT2D eigenvalue weighted by Crippen LogP contribution is -1.76. The molecule has 2 rings (SSSR count). The Labute approximate surface area is 117 Å². The van der Waals surface area contributed by atoms with Crippen LogP contribution in [0.5, 0.6) is 0 Å². The summed E-state index contributed by atoms with van der Waals surface area (Å²) in [5.74, 6) is 0. The monoisotopic (exact) mass is 274 g/mol. The molecule has 0 amide bonds. The van der Waals surface area contributed by atoms with Gasteiger partial charge in [-0.1, -0.05) is 83.9 Å². The van der Waals surface area contributed by atoms with Gasteiger partial charge in [0.1, 0.15) is 0 Å². The summed E-state index contributed by atoms with van der Waals surface area (Å²) in [4.78, 5) is 0. The minimum Gasteiger partial charge on any atom is -0.0836 e. The Balaban J connectivity index is 2.11. The Morgan fingerprint density at radius 3 is 1.94 bits per heavy atom. The van der Waals surface area contributed by atoms with Crippen LogP contribution in [0.1, 0.15) is 11.1 Å². The van der Waals surface area contributed by atoms with E-state index in [0.717, 1.165) is 11.1 Å². The average Bonchev–Trinajstić information content (AvgIpc) is 2.38. The molecular formula is C16H12Cl2. The molecule has 0 N–H and O–H groups in total. The molecule has 0 saturated heterocycles. The fourth-order valence-corrected chi connectivity index (χ4v) is 2.08. The lowest BCUT2D eigenvalue weighted by Gasteiger charge is -1.99. The van der Waals surface area contributed by atoms with Crippen LogP contribution in [0.4, 0.5) is 0 Å². The molecule has 2 aromatic carbocycles. The van der Waals surface area contributed by atoms with Gasteiger partial charge in [0.25, 0.3) is 0 Å². The molecule has 18 heavy (non-hydrogen) atoms. The van der Waals surface area contributed by atoms with Crippen molar-refractivity contribution in [2.45, 2.75) is 0 Å². The molecule has 0 bridgehead atoms. The number of hydrogen-bond acceptors (Lipinski definition) is 0. The maximum atomic E-state index is 6.07. The van der Waals surface area contributed by atoms with Crippen LogP contribution in [0.3, 0.4) is 0 Å². The first-order valence-corrected chi connectivity index (χ1v) is 6.37. The van der Waals surface area contributed by atoms with Gasteiger partial charge in [0.2, 0.25) is 0 Å². The van der Waals surface area contributed by atoms with E-state index in [4.69, 9.17) is 23.2 Å². The summed E-state index contributed by atoms with van der Waals surface area (Å²) in [7, 11) is 0. The van der Waals surface area contributed by atoms with Crippen LogP contribution < -0.4 is 0 Å². The van der Waals surface area contributed by atoms with Crippen molar-refractivity contribution in [3.63, 3.8) is 0 Å². The maximum Gasteiger partial charge on any atom is 0.0493 e. The molecule has 0 saturated carbocycles. The normalized spacial score (nSPS) is 11.4. The van der Waals surface area contributed by atoms with E-state index in [1.165, 1.54) is 0 Å². The van der Waals surface area contributed by atoms with Crippen LogP contribution >= 0.6 is 23.2 Å². The highest BCUT2D eigenvalue weighted by Crippen LogP contribution is 2.25. The lowest BCUT2D eigenvalue weighted by molar-refractivity contribution is 1.65. The van der Waals surface area contributed by atoms with Crippen molar-refractivity contribution in [1.29, 1.82) is 0 Å². The smallest absolute Gasteiger partial charge is 0.0493 e. The van der Waals surface area contributed by atoms with Gasteiger partial charge in [-0.05, 0) is 17.7 Å². The van der Waals surface area contributed by atoms with E-state index in [2.05, 4.69) is 0 Å². The molecule has 0 spiro atoms. The van der Waals surface area contributed by atoms with Crippen LogP contribution in [0.15, 0.2) is 60.7 Å². The van der Waals surface area contributed by atoms with E-state index < -0.39 is 0 Å². The number of benzene rings is 2. The molecule has 2 aromatic rings. The maximum absolute atomic E-state index is 6.07. The molecule has 90 valence electrons. The fraction of sp³-hybridized carbons (Fsp3) is 0. The number of rotatable bonds is 3. The highest BCUT2D eigenvalue weighted by Gasteiger charge is 1.99. The predicted molar refractivity (Wildman–Crippen MR) is 81.0 cm³/mol. The van der Waals surface area contributed by atoms with Crippen molar-refractivity contribution in [3.05, 3.63) is 81.9 Å². The highest BCUT2D eigenvalue weighted by molar-refractivity contribution is 6.37. The molecular weight excluding hydrogens is 263 g/mol. The first-order valence-electron chi connectivity index (χ1n) is 5.61. The average molecular weight is 275 g/mol. The van der Waals surface area contributed by atoms with Gasteiger partial charge in [0.15, 0.2) is 0 Å². The fourth-order valence-electron chi connectivity index (χ4n) is 1.55. The molecule has 0 heterocycles. The van der Waals surface area contributed by atoms with Crippen molar-refractivity contribution in [1.82, 2.24) is 0 Å². The molecule has 0 aromatic heterocycles. The summed E-state index contributed by atoms with van der Waals surface area (Å²) in [6.07, 6.45) is 7.83. The summed E-state index contributed by atoms with van der Waals surface area (Å²) in [6.45, 7) is 0. The number of hydrogen-bond donors (Lipinski definition) is 0. The minimum atomic E-state index is 0.659. The second kappa shape index (κ2) is 6.44. The summed E-state index contributed by atoms with van der Waals surface area (Å²) < 4.78 is 0. The first-order chi connectivity index (χ1) is 8.77. The number of allylic oxidation sites excluding steroid dienone is 2. The van der Waals surface area contributed by atoms with Crippen LogP contribution in [-0.4, -0.2) is 0 Å². The molecule has 0 radical (unpaired) electrons. The van der Waals surface area contributed by atoms with E-state index in [1.54, 1.807) is 0 Å². The Bertz CT molecular complexity index is 549. The third kappa shape index (κ3) is 3.49. The summed E-state index contributed by atoms with van der Waals surface area (Å²) in [5.41, 5.74) is 2.01. The standard InChI is InChI=1S/C16H12Cl2/c17-15-11-6-12-16(18)14(15)10-5-4-9-13-7-2-1-3-8-13/h1-12H/b9-4-,10-5+. The van der Waals surface area contributed by atoms with E-state index >= 15 is 0 Å². The van der Waals surface area contributed by atoms with Gasteiger partial charge in [-0.3, -0.25) is 0 Å². The van der Waals surface area contributed by atoms with Crippen LogP contribution in [-0.2, 0) is 0 Å². The van der Waals surface area contributed by atoms with E-state index in [-0.39, 0.29) is 0 Å². The van der Waals surface area contributed by atoms with Crippen molar-refractivity contribution in [2.24, 2.45) is 0 Å². The molecule has 0 atom stereocenters. The van der Waals surface area contributed by atoms with Gasteiger partial charge in [-0.25, -0.2) is 0 Å². The van der Waals surface area contributed by atoms with Crippen molar-refractivity contribution in [3.8, 4) is 0 Å². The van der Waals surface area contributed by atoms with Gasteiger partial charge in [0, 0.05) is 15.6 Å². The van der Waals surface area contributed by atoms with Crippen LogP contribution in [0.25, 0.3) is 12.2 Å². The minimum absolute atomic E-state index is 0.659. The molecule has 0 aliphatic heterocycles. The van der Waals surface area contributed by atoms with Crippen LogP contribution in [0.2, 0.25) is 10.0 Å². The SMILES string of the molecule is Clc1cccc(Cl)c1/C=C/C=C\c1ccccc1. The molecule has 0 aliphatic rings. The summed E-state index contributed by atoms with van der Waals surface area (Å²) >= 11 is 12.1. The van der Waals surface area contributed by atoms with E-state index in [9.17, 15) is 0 Å². The largest absolute Gasteiger partial charge is 0.0836 e. The predicted octanol–water partition coefficient (Wildman–Crippen LogP) is 5.72. The lowest BCUT2D eigenvalue weighted by atomic mass is 10.2. The molecule has 0 unspecified atom stereocenters. The van der Waals surface area contributed by atoms with Crippen molar-refractivity contribution in [2.75, 3.05) is 0 Å². The van der Waals surface area contributed by atoms with E-state index in [1.807, 2.05) is 72.8 Å². The molecule has 2 heteroatoms. The van der Waals surface area contributed by atoms with E-state index in [0.29, 0.717) is 10.0 Å². The third-order valence-electron chi connectivity index (χ3n) is 2.46. The molecule has 0 nitrogen and oxygen atoms in total. The first kappa shape index (κ1) is 12.9. The molecule has 0 fully saturated rings. The van der Waals surface area contributed by atoms with Gasteiger partial charge in [-0.15, -0.1) is 0 Å². The zero-order chi connectivity index (χ0) is 12.8. The van der Waals surface area contributed by atoms with Gasteiger partial charge in [-0.2, -0.15) is 0 Å². The second-order valence-electron chi connectivity index (χ2n) is 3.76. The van der Waals surface area contributed by atoms with Gasteiger partial charge < -0.3 is 0 Å². The van der Waals surface area contributed by atoms with Crippen molar-refractivity contribution < 1.29 is 0 Å². The van der Waals surface area contributed by atoms with Crippen molar-refractivity contribution >= 4 is 35.4 Å². The Kier molecular flexibility index (Phi) is 4.63. The number of halogens is 2. The third-order valence-corrected chi connectivity index (χ3v) is 3.12. The summed E-state index contributed by atoms with van der Waals surface area (Å²) in [6, 6.07) is 15.6. The zero-order valence-corrected chi connectivity index (χ0v) is 11.2. The topological polar surface area (TPSA) is 0 Å². The van der Waals surface area contributed by atoms with Gasteiger partial charge in [0.05, 0.1) is 0 Å². The summed E-state index contributed by atoms with van der Waals surface area (Å²) in [5, 5.41) is 1.32. The highest BCUT2D eigenvalue weighted by atomic mass is 35.5. The van der Waals surface area contributed by atoms with Gasteiger partial charge >= 0.3 is 0 Å². The molecule has 0 aliphatic carbocycles.